The van der Waals surface area contributed by atoms with Crippen molar-refractivity contribution < 1.29 is 40.7 Å². The van der Waals surface area contributed by atoms with Crippen molar-refractivity contribution in [3.05, 3.63) is 23.8 Å². The quantitative estimate of drug-likeness (QED) is 0.471. The molecule has 162 valence electrons. The van der Waals surface area contributed by atoms with Gasteiger partial charge in [0.1, 0.15) is 17.1 Å². The summed E-state index contributed by atoms with van der Waals surface area (Å²) in [6, 6.07) is 3.92. The maximum atomic E-state index is 12.8. The molecule has 2 rings (SSSR count). The topological polar surface area (TPSA) is 163 Å². The highest BCUT2D eigenvalue weighted by Crippen LogP contribution is 2.33. The van der Waals surface area contributed by atoms with Crippen LogP contribution in [0.5, 0.6) is 11.5 Å². The van der Waals surface area contributed by atoms with E-state index in [4.69, 9.17) is 9.47 Å². The molecule has 0 atom stereocenters. The molecule has 0 aliphatic heterocycles. The SMILES string of the molecule is CC(=O)Oc1cccc(OC(C)=O)c1C(=O)Nc1nc(S(C)(=O)=O)c(S(C)(=O)=O)s1. The van der Waals surface area contributed by atoms with Gasteiger partial charge in [-0.3, -0.25) is 19.7 Å². The molecule has 14 heteroatoms. The minimum absolute atomic E-state index is 0.234. The average molecular weight is 477 g/mol. The van der Waals surface area contributed by atoms with E-state index >= 15 is 0 Å². The predicted molar refractivity (Wildman–Crippen MR) is 105 cm³/mol. The van der Waals surface area contributed by atoms with E-state index in [2.05, 4.69) is 10.3 Å². The molecular formula is C16H16N2O9S3. The minimum atomic E-state index is -4.01. The number of carbonyl (C=O) groups excluding carboxylic acids is 3. The third-order valence-corrected chi connectivity index (χ3v) is 7.24. The summed E-state index contributed by atoms with van der Waals surface area (Å²) in [7, 11) is -7.97. The highest BCUT2D eigenvalue weighted by atomic mass is 32.2. The number of nitrogens with zero attached hydrogens (tertiary/aromatic N) is 1. The third-order valence-electron chi connectivity index (χ3n) is 3.20. The van der Waals surface area contributed by atoms with Crippen LogP contribution in [0, 0.1) is 0 Å². The fraction of sp³-hybridized carbons (Fsp3) is 0.250. The van der Waals surface area contributed by atoms with Crippen LogP contribution in [0.15, 0.2) is 27.4 Å². The average Bonchev–Trinajstić information content (AvgIpc) is 2.98. The van der Waals surface area contributed by atoms with Gasteiger partial charge in [-0.2, -0.15) is 0 Å². The van der Waals surface area contributed by atoms with Crippen LogP contribution in [-0.4, -0.2) is 52.2 Å². The Morgan fingerprint density at radius 1 is 0.933 bits per heavy atom. The Labute approximate surface area is 175 Å². The van der Waals surface area contributed by atoms with Gasteiger partial charge < -0.3 is 9.47 Å². The molecule has 0 radical (unpaired) electrons. The molecule has 0 saturated carbocycles. The van der Waals surface area contributed by atoms with Gasteiger partial charge >= 0.3 is 11.9 Å². The van der Waals surface area contributed by atoms with Gasteiger partial charge in [0.05, 0.1) is 0 Å². The summed E-state index contributed by atoms with van der Waals surface area (Å²) >= 11 is 0.430. The maximum Gasteiger partial charge on any atom is 0.308 e. The molecule has 1 N–H and O–H groups in total. The summed E-state index contributed by atoms with van der Waals surface area (Å²) in [4.78, 5) is 39.2. The van der Waals surface area contributed by atoms with E-state index in [9.17, 15) is 31.2 Å². The number of thiazole rings is 1. The molecule has 0 bridgehead atoms. The maximum absolute atomic E-state index is 12.8. The van der Waals surface area contributed by atoms with Gasteiger partial charge in [0.2, 0.25) is 0 Å². The minimum Gasteiger partial charge on any atom is -0.426 e. The lowest BCUT2D eigenvalue weighted by Gasteiger charge is -2.12. The van der Waals surface area contributed by atoms with Crippen LogP contribution in [0.4, 0.5) is 5.13 Å². The Morgan fingerprint density at radius 3 is 1.80 bits per heavy atom. The standard InChI is InChI=1S/C16H16N2O9S3/c1-8(19)26-10-6-5-7-11(27-9(2)20)12(10)13(21)17-16-18-14(29(3,22)23)15(28-16)30(4,24)25/h5-7H,1-4H3,(H,17,18,21). The van der Waals surface area contributed by atoms with Crippen LogP contribution in [0.25, 0.3) is 0 Å². The van der Waals surface area contributed by atoms with E-state index in [-0.39, 0.29) is 22.2 Å². The van der Waals surface area contributed by atoms with E-state index in [1.54, 1.807) is 0 Å². The van der Waals surface area contributed by atoms with E-state index in [0.29, 0.717) is 11.3 Å². The van der Waals surface area contributed by atoms with Crippen LogP contribution < -0.4 is 14.8 Å². The largest absolute Gasteiger partial charge is 0.426 e. The molecule has 1 aromatic heterocycles. The molecule has 0 spiro atoms. The van der Waals surface area contributed by atoms with Gasteiger partial charge in [-0.05, 0) is 12.1 Å². The molecule has 0 fully saturated rings. The first-order valence-corrected chi connectivity index (χ1v) is 12.5. The molecule has 11 nitrogen and oxygen atoms in total. The Balaban J connectivity index is 2.56. The van der Waals surface area contributed by atoms with Crippen molar-refractivity contribution in [3.8, 4) is 11.5 Å². The molecular weight excluding hydrogens is 460 g/mol. The van der Waals surface area contributed by atoms with E-state index in [1.807, 2.05) is 0 Å². The first-order valence-electron chi connectivity index (χ1n) is 7.92. The first kappa shape index (κ1) is 23.4. The molecule has 0 aliphatic rings. The summed E-state index contributed by atoms with van der Waals surface area (Å²) in [5.41, 5.74) is -0.347. The molecule has 0 unspecified atom stereocenters. The highest BCUT2D eigenvalue weighted by Gasteiger charge is 2.29. The van der Waals surface area contributed by atoms with Crippen molar-refractivity contribution in [2.75, 3.05) is 17.8 Å². The van der Waals surface area contributed by atoms with Crippen molar-refractivity contribution in [1.82, 2.24) is 4.98 Å². The number of carbonyl (C=O) groups is 3. The normalized spacial score (nSPS) is 11.6. The van der Waals surface area contributed by atoms with Gasteiger partial charge in [0.25, 0.3) is 5.91 Å². The first-order chi connectivity index (χ1) is 13.7. The number of benzene rings is 1. The second-order valence-corrected chi connectivity index (χ2v) is 11.1. The van der Waals surface area contributed by atoms with Gasteiger partial charge in [0, 0.05) is 26.4 Å². The number of amides is 1. The van der Waals surface area contributed by atoms with Crippen LogP contribution in [0.2, 0.25) is 0 Å². The number of esters is 2. The van der Waals surface area contributed by atoms with E-state index < -0.39 is 46.8 Å². The zero-order chi connectivity index (χ0) is 22.9. The second kappa shape index (κ2) is 8.49. The number of aromatic nitrogens is 1. The Morgan fingerprint density at radius 2 is 1.43 bits per heavy atom. The fourth-order valence-corrected chi connectivity index (χ4v) is 6.09. The summed E-state index contributed by atoms with van der Waals surface area (Å²) in [6.45, 7) is 2.19. The van der Waals surface area contributed by atoms with E-state index in [1.165, 1.54) is 18.2 Å². The monoisotopic (exact) mass is 476 g/mol. The van der Waals surface area contributed by atoms with Gasteiger partial charge in [-0.15, -0.1) is 0 Å². The van der Waals surface area contributed by atoms with E-state index in [0.717, 1.165) is 26.4 Å². The van der Waals surface area contributed by atoms with Gasteiger partial charge in [-0.25, -0.2) is 21.8 Å². The molecule has 0 aliphatic carbocycles. The lowest BCUT2D eigenvalue weighted by molar-refractivity contribution is -0.132. The number of rotatable bonds is 6. The Kier molecular flexibility index (Phi) is 6.63. The molecule has 1 heterocycles. The zero-order valence-electron chi connectivity index (χ0n) is 16.1. The lowest BCUT2D eigenvalue weighted by atomic mass is 10.1. The Bertz CT molecular complexity index is 1160. The molecule has 2 aromatic rings. The molecule has 30 heavy (non-hydrogen) atoms. The molecule has 1 amide bonds. The Hall–Kier alpha value is -2.84. The smallest absolute Gasteiger partial charge is 0.308 e. The number of anilines is 1. The summed E-state index contributed by atoms with van der Waals surface area (Å²) in [6.07, 6.45) is 1.58. The number of hydrogen-bond donors (Lipinski definition) is 1. The number of nitrogens with one attached hydrogen (secondary N) is 1. The fourth-order valence-electron chi connectivity index (χ4n) is 2.19. The number of ether oxygens (including phenoxy) is 2. The van der Waals surface area contributed by atoms with Gasteiger partial charge in [0.15, 0.2) is 34.0 Å². The van der Waals surface area contributed by atoms with Crippen LogP contribution in [0.3, 0.4) is 0 Å². The lowest BCUT2D eigenvalue weighted by Crippen LogP contribution is -2.17. The van der Waals surface area contributed by atoms with Crippen molar-refractivity contribution >= 4 is 54.0 Å². The summed E-state index contributed by atoms with van der Waals surface area (Å²) < 4.78 is 56.9. The van der Waals surface area contributed by atoms with Crippen molar-refractivity contribution in [1.29, 1.82) is 0 Å². The van der Waals surface area contributed by atoms with Crippen molar-refractivity contribution in [2.45, 2.75) is 23.1 Å². The van der Waals surface area contributed by atoms with Gasteiger partial charge in [-0.1, -0.05) is 17.4 Å². The molecule has 0 saturated heterocycles. The number of sulfone groups is 2. The molecule has 1 aromatic carbocycles. The summed E-state index contributed by atoms with van der Waals surface area (Å²) in [5, 5.41) is 1.20. The third kappa shape index (κ3) is 5.61. The van der Waals surface area contributed by atoms with Crippen molar-refractivity contribution in [2.24, 2.45) is 0 Å². The predicted octanol–water partition coefficient (Wildman–Crippen LogP) is 1.05. The van der Waals surface area contributed by atoms with Crippen LogP contribution in [-0.2, 0) is 29.3 Å². The van der Waals surface area contributed by atoms with Crippen LogP contribution in [0.1, 0.15) is 24.2 Å². The van der Waals surface area contributed by atoms with Crippen molar-refractivity contribution in [3.63, 3.8) is 0 Å². The zero-order valence-corrected chi connectivity index (χ0v) is 18.5. The number of hydrogen-bond acceptors (Lipinski definition) is 11. The van der Waals surface area contributed by atoms with Crippen LogP contribution >= 0.6 is 11.3 Å². The highest BCUT2D eigenvalue weighted by molar-refractivity contribution is 7.95. The summed E-state index contributed by atoms with van der Waals surface area (Å²) in [5.74, 6) is -2.95. The second-order valence-electron chi connectivity index (χ2n) is 5.93.